The number of imidazole rings is 1. The molecule has 0 aliphatic carbocycles. The third kappa shape index (κ3) is 1.40. The predicted molar refractivity (Wildman–Crippen MR) is 57.2 cm³/mol. The Morgan fingerprint density at radius 3 is 2.93 bits per heavy atom. The number of nitrogens with zero attached hydrogens (tertiary/aromatic N) is 2. The van der Waals surface area contributed by atoms with Gasteiger partial charge in [0.2, 0.25) is 0 Å². The van der Waals surface area contributed by atoms with Gasteiger partial charge in [0.05, 0.1) is 11.7 Å². The highest BCUT2D eigenvalue weighted by molar-refractivity contribution is 5.47. The number of aryl methyl sites for hydroxylation is 1. The molecule has 0 aliphatic heterocycles. The minimum absolute atomic E-state index is 0.0755. The number of fused-ring (bicyclic) bond motifs is 1. The monoisotopic (exact) mass is 189 g/mol. The maximum absolute atomic E-state index is 5.83. The highest BCUT2D eigenvalue weighted by atomic mass is 15.0. The molecule has 0 aliphatic rings. The Bertz CT molecular complexity index is 443. The molecule has 3 heteroatoms. The smallest absolute Gasteiger partial charge is 0.112 e. The lowest BCUT2D eigenvalue weighted by Crippen LogP contribution is -2.06. The zero-order chi connectivity index (χ0) is 10.1. The Morgan fingerprint density at radius 2 is 2.29 bits per heavy atom. The quantitative estimate of drug-likeness (QED) is 0.784. The van der Waals surface area contributed by atoms with Crippen LogP contribution in [0, 0.1) is 0 Å². The second-order valence-corrected chi connectivity index (χ2v) is 3.57. The summed E-state index contributed by atoms with van der Waals surface area (Å²) >= 11 is 0. The lowest BCUT2D eigenvalue weighted by molar-refractivity contribution is 0.802. The molecule has 0 aromatic carbocycles. The van der Waals surface area contributed by atoms with Gasteiger partial charge in [-0.25, -0.2) is 4.98 Å². The molecule has 2 N–H and O–H groups in total. The van der Waals surface area contributed by atoms with Crippen LogP contribution in [-0.4, -0.2) is 9.38 Å². The van der Waals surface area contributed by atoms with Crippen molar-refractivity contribution in [2.45, 2.75) is 26.3 Å². The van der Waals surface area contributed by atoms with E-state index in [1.165, 1.54) is 0 Å². The molecule has 0 bridgehead atoms. The van der Waals surface area contributed by atoms with Crippen LogP contribution in [0.15, 0.2) is 24.5 Å². The molecule has 3 nitrogen and oxygen atoms in total. The van der Waals surface area contributed by atoms with Crippen molar-refractivity contribution >= 4 is 5.52 Å². The summed E-state index contributed by atoms with van der Waals surface area (Å²) in [7, 11) is 0. The molecule has 1 atom stereocenters. The van der Waals surface area contributed by atoms with Crippen LogP contribution < -0.4 is 5.73 Å². The van der Waals surface area contributed by atoms with Crippen molar-refractivity contribution in [1.82, 2.24) is 9.38 Å². The minimum atomic E-state index is 0.0755. The lowest BCUT2D eigenvalue weighted by atomic mass is 10.1. The molecule has 0 amide bonds. The third-order valence-electron chi connectivity index (χ3n) is 2.47. The van der Waals surface area contributed by atoms with Gasteiger partial charge in [0.1, 0.15) is 5.82 Å². The summed E-state index contributed by atoms with van der Waals surface area (Å²) in [5, 5.41) is 0. The Balaban J connectivity index is 2.61. The van der Waals surface area contributed by atoms with Crippen LogP contribution >= 0.6 is 0 Å². The third-order valence-corrected chi connectivity index (χ3v) is 2.47. The van der Waals surface area contributed by atoms with E-state index in [1.54, 1.807) is 0 Å². The largest absolute Gasteiger partial charge is 0.324 e. The molecule has 0 saturated heterocycles. The first-order chi connectivity index (χ1) is 6.72. The van der Waals surface area contributed by atoms with Gasteiger partial charge in [0, 0.05) is 18.7 Å². The first-order valence-corrected chi connectivity index (χ1v) is 4.94. The van der Waals surface area contributed by atoms with E-state index < -0.39 is 0 Å². The molecule has 1 unspecified atom stereocenters. The second-order valence-electron chi connectivity index (χ2n) is 3.57. The van der Waals surface area contributed by atoms with Crippen LogP contribution in [0.4, 0.5) is 0 Å². The molecule has 0 fully saturated rings. The normalized spacial score (nSPS) is 13.4. The first kappa shape index (κ1) is 9.21. The maximum Gasteiger partial charge on any atom is 0.112 e. The van der Waals surface area contributed by atoms with Gasteiger partial charge < -0.3 is 10.1 Å². The number of hydrogen-bond acceptors (Lipinski definition) is 2. The summed E-state index contributed by atoms with van der Waals surface area (Å²) in [6.45, 7) is 4.09. The van der Waals surface area contributed by atoms with E-state index in [0.29, 0.717) is 0 Å². The van der Waals surface area contributed by atoms with Gasteiger partial charge in [-0.05, 0) is 18.6 Å². The average molecular weight is 189 g/mol. The van der Waals surface area contributed by atoms with Crippen molar-refractivity contribution in [3.8, 4) is 0 Å². The van der Waals surface area contributed by atoms with Crippen molar-refractivity contribution in [3.05, 3.63) is 35.9 Å². The molecule has 0 saturated carbocycles. The van der Waals surface area contributed by atoms with Gasteiger partial charge >= 0.3 is 0 Å². The molecule has 2 aromatic heterocycles. The Kier molecular flexibility index (Phi) is 2.25. The van der Waals surface area contributed by atoms with Crippen molar-refractivity contribution in [1.29, 1.82) is 0 Å². The number of pyridine rings is 1. The van der Waals surface area contributed by atoms with Crippen LogP contribution in [-0.2, 0) is 6.42 Å². The van der Waals surface area contributed by atoms with Crippen LogP contribution in [0.1, 0.15) is 31.3 Å². The second kappa shape index (κ2) is 3.42. The van der Waals surface area contributed by atoms with Gasteiger partial charge in [0.15, 0.2) is 0 Å². The molecular formula is C11H15N3. The number of nitrogens with two attached hydrogens (primary N) is 1. The average Bonchev–Trinajstić information content (AvgIpc) is 2.59. The molecule has 2 heterocycles. The zero-order valence-corrected chi connectivity index (χ0v) is 8.57. The zero-order valence-electron chi connectivity index (χ0n) is 8.57. The van der Waals surface area contributed by atoms with E-state index >= 15 is 0 Å². The van der Waals surface area contributed by atoms with E-state index in [2.05, 4.69) is 34.6 Å². The maximum atomic E-state index is 5.83. The minimum Gasteiger partial charge on any atom is -0.324 e. The molecule has 0 radical (unpaired) electrons. The summed E-state index contributed by atoms with van der Waals surface area (Å²) in [6, 6.07) is 4.19. The summed E-state index contributed by atoms with van der Waals surface area (Å²) in [4.78, 5) is 4.34. The summed E-state index contributed by atoms with van der Waals surface area (Å²) in [5.74, 6) is 1.09. The molecular weight excluding hydrogens is 174 g/mol. The predicted octanol–water partition coefficient (Wildman–Crippen LogP) is 1.92. The Labute approximate surface area is 83.6 Å². The van der Waals surface area contributed by atoms with Crippen LogP contribution in [0.5, 0.6) is 0 Å². The summed E-state index contributed by atoms with van der Waals surface area (Å²) in [5.41, 5.74) is 8.11. The van der Waals surface area contributed by atoms with Crippen LogP contribution in [0.25, 0.3) is 5.52 Å². The molecule has 2 aromatic rings. The summed E-state index contributed by atoms with van der Waals surface area (Å²) in [6.07, 6.45) is 4.91. The van der Waals surface area contributed by atoms with Gasteiger partial charge in [-0.15, -0.1) is 0 Å². The van der Waals surface area contributed by atoms with E-state index in [0.717, 1.165) is 23.3 Å². The van der Waals surface area contributed by atoms with Crippen LogP contribution in [0.3, 0.4) is 0 Å². The van der Waals surface area contributed by atoms with E-state index in [-0.39, 0.29) is 6.04 Å². The molecule has 14 heavy (non-hydrogen) atoms. The van der Waals surface area contributed by atoms with Crippen LogP contribution in [0.2, 0.25) is 0 Å². The fourth-order valence-corrected chi connectivity index (χ4v) is 1.59. The van der Waals surface area contributed by atoms with Crippen molar-refractivity contribution in [3.63, 3.8) is 0 Å². The number of aromatic nitrogens is 2. The van der Waals surface area contributed by atoms with Crippen molar-refractivity contribution in [2.75, 3.05) is 0 Å². The first-order valence-electron chi connectivity index (χ1n) is 4.94. The fraction of sp³-hybridized carbons (Fsp3) is 0.364. The topological polar surface area (TPSA) is 43.3 Å². The van der Waals surface area contributed by atoms with E-state index in [4.69, 9.17) is 5.73 Å². The molecule has 74 valence electrons. The Hall–Kier alpha value is -1.35. The fourth-order valence-electron chi connectivity index (χ4n) is 1.59. The van der Waals surface area contributed by atoms with Crippen molar-refractivity contribution in [2.24, 2.45) is 5.73 Å². The SMILES string of the molecule is CCc1ncc2ccc(C(C)N)cn12. The van der Waals surface area contributed by atoms with Gasteiger partial charge in [-0.2, -0.15) is 0 Å². The molecule has 2 rings (SSSR count). The number of hydrogen-bond donors (Lipinski definition) is 1. The van der Waals surface area contributed by atoms with E-state index in [1.807, 2.05) is 13.1 Å². The van der Waals surface area contributed by atoms with Gasteiger partial charge in [-0.1, -0.05) is 13.0 Å². The van der Waals surface area contributed by atoms with Gasteiger partial charge in [0.25, 0.3) is 0 Å². The summed E-state index contributed by atoms with van der Waals surface area (Å²) < 4.78 is 2.11. The Morgan fingerprint density at radius 1 is 1.50 bits per heavy atom. The van der Waals surface area contributed by atoms with Crippen molar-refractivity contribution < 1.29 is 0 Å². The van der Waals surface area contributed by atoms with Gasteiger partial charge in [-0.3, -0.25) is 0 Å². The van der Waals surface area contributed by atoms with E-state index in [9.17, 15) is 0 Å². The number of rotatable bonds is 2. The highest BCUT2D eigenvalue weighted by Gasteiger charge is 2.04. The standard InChI is InChI=1S/C11H15N3/c1-3-11-13-6-10-5-4-9(8(2)12)7-14(10)11/h4-8H,3,12H2,1-2H3. The lowest BCUT2D eigenvalue weighted by Gasteiger charge is -2.06. The highest BCUT2D eigenvalue weighted by Crippen LogP contribution is 2.13. The molecule has 0 spiro atoms.